The van der Waals surface area contributed by atoms with Crippen molar-refractivity contribution in [3.63, 3.8) is 0 Å². The van der Waals surface area contributed by atoms with Gasteiger partial charge in [0.05, 0.1) is 16.8 Å². The van der Waals surface area contributed by atoms with Crippen LogP contribution in [0, 0.1) is 10.1 Å². The summed E-state index contributed by atoms with van der Waals surface area (Å²) in [5, 5.41) is 18.9. The number of nitro groups is 1. The summed E-state index contributed by atoms with van der Waals surface area (Å²) in [5.41, 5.74) is 0.120. The number of nitrogens with two attached hydrogens (primary N) is 1. The first kappa shape index (κ1) is 17.2. The maximum Gasteiger partial charge on any atom is 0.333 e. The smallest absolute Gasteiger partial charge is 0.333 e. The Balaban J connectivity index is 2.84. The second-order valence-electron chi connectivity index (χ2n) is 4.72. The van der Waals surface area contributed by atoms with E-state index in [-0.39, 0.29) is 41.9 Å². The monoisotopic (exact) mass is 317 g/mol. The van der Waals surface area contributed by atoms with E-state index in [4.69, 9.17) is 9.88 Å². The van der Waals surface area contributed by atoms with Crippen LogP contribution in [0.15, 0.2) is 18.2 Å². The van der Waals surface area contributed by atoms with Crippen LogP contribution in [0.2, 0.25) is 0 Å². The molecule has 0 amide bonds. The topological polar surface area (TPSA) is 125 Å². The summed E-state index contributed by atoms with van der Waals surface area (Å²) in [6.07, 6.45) is 0.0620. The highest BCUT2D eigenvalue weighted by atomic mass is 32.2. The van der Waals surface area contributed by atoms with Gasteiger partial charge >= 0.3 is 5.69 Å². The normalized spacial score (nSPS) is 11.4. The summed E-state index contributed by atoms with van der Waals surface area (Å²) in [6, 6.07) is 4.70. The maximum atomic E-state index is 11.2. The van der Waals surface area contributed by atoms with Crippen LogP contribution >= 0.6 is 0 Å². The first-order valence-electron chi connectivity index (χ1n) is 6.39. The molecule has 8 nitrogen and oxygen atoms in total. The van der Waals surface area contributed by atoms with Gasteiger partial charge in [-0.15, -0.1) is 0 Å². The number of hydrogen-bond donors (Lipinski definition) is 2. The summed E-state index contributed by atoms with van der Waals surface area (Å²) in [5.74, 6) is -0.0119. The summed E-state index contributed by atoms with van der Waals surface area (Å²) >= 11 is 0. The highest BCUT2D eigenvalue weighted by Gasteiger charge is 2.21. The van der Waals surface area contributed by atoms with Gasteiger partial charge in [-0.3, -0.25) is 10.1 Å². The number of primary sulfonamides is 1. The number of hydrogen-bond acceptors (Lipinski definition) is 6. The molecule has 0 spiro atoms. The van der Waals surface area contributed by atoms with E-state index in [1.54, 1.807) is 26.0 Å². The molecular formula is C12H19N3O5S. The van der Waals surface area contributed by atoms with Crippen LogP contribution in [-0.2, 0) is 10.0 Å². The van der Waals surface area contributed by atoms with Crippen molar-refractivity contribution in [2.75, 3.05) is 17.6 Å². The van der Waals surface area contributed by atoms with Gasteiger partial charge in [0.1, 0.15) is 5.69 Å². The van der Waals surface area contributed by atoms with Crippen LogP contribution in [0.3, 0.4) is 0 Å². The van der Waals surface area contributed by atoms with Crippen LogP contribution in [-0.4, -0.2) is 31.7 Å². The molecule has 1 rings (SSSR count). The summed E-state index contributed by atoms with van der Waals surface area (Å²) in [6.45, 7) is 3.80. The van der Waals surface area contributed by atoms with Crippen molar-refractivity contribution in [1.29, 1.82) is 0 Å². The Morgan fingerprint density at radius 2 is 2.10 bits per heavy atom. The predicted octanol–water partition coefficient (Wildman–Crippen LogP) is 1.47. The number of ether oxygens (including phenoxy) is 1. The van der Waals surface area contributed by atoms with Crippen LogP contribution < -0.4 is 15.2 Å². The van der Waals surface area contributed by atoms with E-state index in [0.717, 1.165) is 0 Å². The number of benzene rings is 1. The predicted molar refractivity (Wildman–Crippen MR) is 79.9 cm³/mol. The average molecular weight is 317 g/mol. The van der Waals surface area contributed by atoms with E-state index in [9.17, 15) is 18.5 Å². The number of anilines is 1. The molecule has 21 heavy (non-hydrogen) atoms. The second kappa shape index (κ2) is 7.23. The zero-order valence-corrected chi connectivity index (χ0v) is 12.7. The molecule has 0 atom stereocenters. The molecule has 0 aromatic heterocycles. The first-order chi connectivity index (χ1) is 9.70. The lowest BCUT2D eigenvalue weighted by Crippen LogP contribution is -2.19. The Bertz CT molecular complexity index is 601. The van der Waals surface area contributed by atoms with Crippen LogP contribution in [0.1, 0.15) is 20.3 Å². The quantitative estimate of drug-likeness (QED) is 0.425. The van der Waals surface area contributed by atoms with Gasteiger partial charge < -0.3 is 10.1 Å². The lowest BCUT2D eigenvalue weighted by molar-refractivity contribution is -0.385. The zero-order chi connectivity index (χ0) is 16.0. The second-order valence-corrected chi connectivity index (χ2v) is 6.46. The SMILES string of the molecule is CC(C)Oc1cccc(NCCCS(N)(=O)=O)c1[N+](=O)[O-]. The lowest BCUT2D eigenvalue weighted by Gasteiger charge is -2.13. The number of nitro benzene ring substituents is 1. The minimum Gasteiger partial charge on any atom is -0.484 e. The average Bonchev–Trinajstić information content (AvgIpc) is 2.32. The molecule has 0 unspecified atom stereocenters. The Kier molecular flexibility index (Phi) is 5.91. The maximum absolute atomic E-state index is 11.2. The first-order valence-corrected chi connectivity index (χ1v) is 8.10. The zero-order valence-electron chi connectivity index (χ0n) is 11.9. The molecule has 0 aliphatic heterocycles. The summed E-state index contributed by atoms with van der Waals surface area (Å²) in [4.78, 5) is 10.7. The largest absolute Gasteiger partial charge is 0.484 e. The fourth-order valence-corrected chi connectivity index (χ4v) is 2.25. The molecule has 9 heteroatoms. The van der Waals surface area contributed by atoms with Gasteiger partial charge in [0, 0.05) is 6.54 Å². The molecule has 0 aliphatic carbocycles. The number of sulfonamides is 1. The van der Waals surface area contributed by atoms with Gasteiger partial charge in [0.2, 0.25) is 10.0 Å². The van der Waals surface area contributed by atoms with E-state index in [1.165, 1.54) is 6.07 Å². The van der Waals surface area contributed by atoms with E-state index >= 15 is 0 Å². The van der Waals surface area contributed by atoms with Crippen molar-refractivity contribution in [1.82, 2.24) is 0 Å². The highest BCUT2D eigenvalue weighted by Crippen LogP contribution is 2.35. The molecule has 0 aliphatic rings. The Labute approximate surface area is 123 Å². The molecule has 0 fully saturated rings. The molecule has 1 aromatic carbocycles. The van der Waals surface area contributed by atoms with E-state index < -0.39 is 14.9 Å². The summed E-state index contributed by atoms with van der Waals surface area (Å²) < 4.78 is 27.0. The van der Waals surface area contributed by atoms with Crippen molar-refractivity contribution < 1.29 is 18.1 Å². The Morgan fingerprint density at radius 1 is 1.43 bits per heavy atom. The number of para-hydroxylation sites is 1. The Morgan fingerprint density at radius 3 is 2.62 bits per heavy atom. The molecule has 0 heterocycles. The highest BCUT2D eigenvalue weighted by molar-refractivity contribution is 7.89. The van der Waals surface area contributed by atoms with Gasteiger partial charge in [-0.2, -0.15) is 0 Å². The van der Waals surface area contributed by atoms with E-state index in [1.807, 2.05) is 0 Å². The van der Waals surface area contributed by atoms with Crippen molar-refractivity contribution in [2.45, 2.75) is 26.4 Å². The lowest BCUT2D eigenvalue weighted by atomic mass is 10.2. The molecule has 118 valence electrons. The van der Waals surface area contributed by atoms with Gasteiger partial charge in [0.15, 0.2) is 5.75 Å². The number of nitrogens with zero attached hydrogens (tertiary/aromatic N) is 1. The van der Waals surface area contributed by atoms with Gasteiger partial charge in [-0.25, -0.2) is 13.6 Å². The molecule has 0 radical (unpaired) electrons. The number of nitrogens with one attached hydrogen (secondary N) is 1. The standard InChI is InChI=1S/C12H19N3O5S/c1-9(2)20-11-6-3-5-10(12(11)15(16)17)14-7-4-8-21(13,18)19/h3,5-6,9,14H,4,7-8H2,1-2H3,(H2,13,18,19). The van der Waals surface area contributed by atoms with Crippen molar-refractivity contribution in [3.8, 4) is 5.75 Å². The molecular weight excluding hydrogens is 298 g/mol. The fourth-order valence-electron chi connectivity index (χ4n) is 1.70. The minimum atomic E-state index is -3.53. The van der Waals surface area contributed by atoms with E-state index in [2.05, 4.69) is 5.32 Å². The molecule has 0 bridgehead atoms. The molecule has 0 saturated heterocycles. The number of rotatable bonds is 8. The molecule has 0 saturated carbocycles. The molecule has 3 N–H and O–H groups in total. The third-order valence-electron chi connectivity index (χ3n) is 2.47. The van der Waals surface area contributed by atoms with Crippen LogP contribution in [0.25, 0.3) is 0 Å². The Hall–Kier alpha value is -1.87. The van der Waals surface area contributed by atoms with Crippen molar-refractivity contribution in [3.05, 3.63) is 28.3 Å². The van der Waals surface area contributed by atoms with Gasteiger partial charge in [0.25, 0.3) is 0 Å². The van der Waals surface area contributed by atoms with E-state index in [0.29, 0.717) is 0 Å². The van der Waals surface area contributed by atoms with Crippen molar-refractivity contribution in [2.24, 2.45) is 5.14 Å². The van der Waals surface area contributed by atoms with Gasteiger partial charge in [-0.1, -0.05) is 6.07 Å². The van der Waals surface area contributed by atoms with Crippen LogP contribution in [0.4, 0.5) is 11.4 Å². The molecule has 1 aromatic rings. The fraction of sp³-hybridized carbons (Fsp3) is 0.500. The third kappa shape index (κ3) is 5.96. The van der Waals surface area contributed by atoms with Crippen molar-refractivity contribution >= 4 is 21.4 Å². The minimum absolute atomic E-state index is 0.165. The van der Waals surface area contributed by atoms with Crippen LogP contribution in [0.5, 0.6) is 5.75 Å². The van der Waals surface area contributed by atoms with Gasteiger partial charge in [-0.05, 0) is 32.4 Å². The third-order valence-corrected chi connectivity index (χ3v) is 3.32. The summed E-state index contributed by atoms with van der Waals surface area (Å²) in [7, 11) is -3.53.